The number of hydrogen-bond donors (Lipinski definition) is 0. The van der Waals surface area contributed by atoms with Gasteiger partial charge in [-0.05, 0) is 54.7 Å². The average Bonchev–Trinajstić information content (AvgIpc) is 2.82. The van der Waals surface area contributed by atoms with E-state index in [1.807, 2.05) is 0 Å². The van der Waals surface area contributed by atoms with E-state index in [4.69, 9.17) is 0 Å². The van der Waals surface area contributed by atoms with Crippen molar-refractivity contribution in [2.24, 2.45) is 0 Å². The monoisotopic (exact) mass is 271 g/mol. The van der Waals surface area contributed by atoms with Gasteiger partial charge < -0.3 is 4.90 Å². The molecule has 2 aromatic rings. The number of ketones is 1. The molecule has 0 N–H and O–H groups in total. The molecule has 19 heavy (non-hydrogen) atoms. The first kappa shape index (κ1) is 12.4. The van der Waals surface area contributed by atoms with Crippen LogP contribution < -0.4 is 4.90 Å². The van der Waals surface area contributed by atoms with Gasteiger partial charge in [0.25, 0.3) is 0 Å². The number of Topliss-reactive ketones (excluding diaryl/α,β-unsaturated/α-hetero) is 1. The van der Waals surface area contributed by atoms with Gasteiger partial charge in [0.2, 0.25) is 0 Å². The zero-order valence-electron chi connectivity index (χ0n) is 11.5. The number of hydrogen-bond acceptors (Lipinski definition) is 3. The van der Waals surface area contributed by atoms with Crippen LogP contribution in [0.25, 0.3) is 10.4 Å². The number of nitrogens with zero attached hydrogens (tertiary/aromatic N) is 1. The summed E-state index contributed by atoms with van der Waals surface area (Å²) < 4.78 is 0. The van der Waals surface area contributed by atoms with Crippen molar-refractivity contribution in [2.75, 3.05) is 19.0 Å². The van der Waals surface area contributed by atoms with Gasteiger partial charge in [0.05, 0.1) is 4.88 Å². The maximum absolute atomic E-state index is 11.5. The van der Waals surface area contributed by atoms with Gasteiger partial charge in [-0.1, -0.05) is 6.07 Å². The fraction of sp³-hybridized carbons (Fsp3) is 0.312. The van der Waals surface area contributed by atoms with Crippen LogP contribution in [0.2, 0.25) is 0 Å². The highest BCUT2D eigenvalue weighted by Crippen LogP contribution is 2.40. The number of fused-ring (bicyclic) bond motifs is 3. The SMILES string of the molecule is CC(=O)c1cc2c(s1)-c1ccc(N(C)C)cc1CC2. The van der Waals surface area contributed by atoms with Crippen LogP contribution in [0.1, 0.15) is 27.7 Å². The molecule has 0 bridgehead atoms. The molecule has 0 amide bonds. The van der Waals surface area contributed by atoms with Crippen molar-refractivity contribution in [1.82, 2.24) is 0 Å². The Labute approximate surface area is 117 Å². The summed E-state index contributed by atoms with van der Waals surface area (Å²) >= 11 is 1.64. The third-order valence-corrected chi connectivity index (χ3v) is 4.98. The Morgan fingerprint density at radius 1 is 1.16 bits per heavy atom. The summed E-state index contributed by atoms with van der Waals surface area (Å²) in [6, 6.07) is 8.70. The average molecular weight is 271 g/mol. The molecule has 0 unspecified atom stereocenters. The number of benzene rings is 1. The van der Waals surface area contributed by atoms with Crippen LogP contribution >= 0.6 is 11.3 Å². The number of carbonyl (C=O) groups is 1. The van der Waals surface area contributed by atoms with Crippen LogP contribution in [0.5, 0.6) is 0 Å². The number of thiophene rings is 1. The van der Waals surface area contributed by atoms with Gasteiger partial charge in [-0.25, -0.2) is 0 Å². The summed E-state index contributed by atoms with van der Waals surface area (Å²) in [5.74, 6) is 0.172. The van der Waals surface area contributed by atoms with Crippen molar-refractivity contribution in [3.05, 3.63) is 40.3 Å². The molecule has 0 aliphatic heterocycles. The van der Waals surface area contributed by atoms with Crippen LogP contribution in [0.3, 0.4) is 0 Å². The van der Waals surface area contributed by atoms with E-state index in [0.29, 0.717) is 0 Å². The minimum atomic E-state index is 0.172. The molecular formula is C16H17NOS. The van der Waals surface area contributed by atoms with Gasteiger partial charge in [0.15, 0.2) is 5.78 Å². The van der Waals surface area contributed by atoms with Crippen molar-refractivity contribution < 1.29 is 4.79 Å². The van der Waals surface area contributed by atoms with E-state index in [9.17, 15) is 4.79 Å². The Bertz CT molecular complexity index is 655. The first-order valence-corrected chi connectivity index (χ1v) is 7.32. The van der Waals surface area contributed by atoms with Crippen LogP contribution in [0, 0.1) is 0 Å². The fourth-order valence-electron chi connectivity index (χ4n) is 2.57. The molecule has 3 rings (SSSR count). The van der Waals surface area contributed by atoms with Crippen molar-refractivity contribution in [3.63, 3.8) is 0 Å². The molecular weight excluding hydrogens is 254 g/mol. The number of rotatable bonds is 2. The summed E-state index contributed by atoms with van der Waals surface area (Å²) in [6.07, 6.45) is 2.11. The van der Waals surface area contributed by atoms with Crippen LogP contribution in [-0.4, -0.2) is 19.9 Å². The third-order valence-electron chi connectivity index (χ3n) is 3.67. The Morgan fingerprint density at radius 2 is 1.89 bits per heavy atom. The van der Waals surface area contributed by atoms with Gasteiger partial charge in [-0.3, -0.25) is 4.79 Å². The summed E-state index contributed by atoms with van der Waals surface area (Å²) in [5, 5.41) is 0. The molecule has 1 aliphatic carbocycles. The highest BCUT2D eigenvalue weighted by molar-refractivity contribution is 7.17. The minimum Gasteiger partial charge on any atom is -0.378 e. The van der Waals surface area contributed by atoms with Crippen molar-refractivity contribution in [3.8, 4) is 10.4 Å². The predicted octanol–water partition coefficient (Wildman–Crippen LogP) is 3.78. The predicted molar refractivity (Wildman–Crippen MR) is 81.5 cm³/mol. The lowest BCUT2D eigenvalue weighted by Gasteiger charge is -2.20. The normalized spacial score (nSPS) is 12.8. The van der Waals surface area contributed by atoms with Gasteiger partial charge in [-0.2, -0.15) is 0 Å². The van der Waals surface area contributed by atoms with E-state index >= 15 is 0 Å². The second-order valence-electron chi connectivity index (χ2n) is 5.26. The molecule has 0 atom stereocenters. The quantitative estimate of drug-likeness (QED) is 0.775. The number of aryl methyl sites for hydroxylation is 2. The number of carbonyl (C=O) groups excluding carboxylic acids is 1. The topological polar surface area (TPSA) is 20.3 Å². The molecule has 0 radical (unpaired) electrons. The third kappa shape index (κ3) is 2.08. The van der Waals surface area contributed by atoms with E-state index < -0.39 is 0 Å². The molecule has 1 heterocycles. The van der Waals surface area contributed by atoms with Crippen molar-refractivity contribution in [1.29, 1.82) is 0 Å². The van der Waals surface area contributed by atoms with Gasteiger partial charge in [0, 0.05) is 24.7 Å². The highest BCUT2D eigenvalue weighted by atomic mass is 32.1. The van der Waals surface area contributed by atoms with E-state index in [-0.39, 0.29) is 5.78 Å². The Hall–Kier alpha value is -1.61. The summed E-state index contributed by atoms with van der Waals surface area (Å²) in [4.78, 5) is 15.8. The zero-order valence-corrected chi connectivity index (χ0v) is 12.3. The standard InChI is InChI=1S/C16H17NOS/c1-10(18)15-9-12-5-4-11-8-13(17(2)3)6-7-14(11)16(12)19-15/h6-9H,4-5H2,1-3H3. The van der Waals surface area contributed by atoms with Gasteiger partial charge >= 0.3 is 0 Å². The minimum absolute atomic E-state index is 0.172. The smallest absolute Gasteiger partial charge is 0.169 e. The lowest BCUT2D eigenvalue weighted by atomic mass is 9.91. The second kappa shape index (κ2) is 4.49. The molecule has 1 aromatic heterocycles. The Balaban J connectivity index is 2.11. The fourth-order valence-corrected chi connectivity index (χ4v) is 3.74. The van der Waals surface area contributed by atoms with E-state index in [0.717, 1.165) is 17.7 Å². The summed E-state index contributed by atoms with van der Waals surface area (Å²) in [7, 11) is 4.13. The molecule has 98 valence electrons. The molecule has 2 nitrogen and oxygen atoms in total. The van der Waals surface area contributed by atoms with E-state index in [1.165, 1.54) is 27.3 Å². The Morgan fingerprint density at radius 3 is 2.58 bits per heavy atom. The maximum Gasteiger partial charge on any atom is 0.169 e. The van der Waals surface area contributed by atoms with Gasteiger partial charge in [-0.15, -0.1) is 11.3 Å². The van der Waals surface area contributed by atoms with E-state index in [1.54, 1.807) is 18.3 Å². The van der Waals surface area contributed by atoms with Crippen LogP contribution in [0.15, 0.2) is 24.3 Å². The van der Waals surface area contributed by atoms with Crippen molar-refractivity contribution >= 4 is 22.8 Å². The van der Waals surface area contributed by atoms with Crippen LogP contribution in [-0.2, 0) is 12.8 Å². The molecule has 0 saturated heterocycles. The molecule has 0 saturated carbocycles. The summed E-state index contributed by atoms with van der Waals surface area (Å²) in [5.41, 5.74) is 5.28. The largest absolute Gasteiger partial charge is 0.378 e. The highest BCUT2D eigenvalue weighted by Gasteiger charge is 2.20. The Kier molecular flexibility index (Phi) is 2.94. The molecule has 0 spiro atoms. The first-order chi connectivity index (χ1) is 9.06. The van der Waals surface area contributed by atoms with Gasteiger partial charge in [0.1, 0.15) is 0 Å². The van der Waals surface area contributed by atoms with Crippen molar-refractivity contribution in [2.45, 2.75) is 19.8 Å². The molecule has 3 heteroatoms. The number of anilines is 1. The van der Waals surface area contributed by atoms with Crippen LogP contribution in [0.4, 0.5) is 5.69 Å². The maximum atomic E-state index is 11.5. The molecule has 0 fully saturated rings. The lowest BCUT2D eigenvalue weighted by molar-refractivity contribution is 0.102. The zero-order chi connectivity index (χ0) is 13.6. The summed E-state index contributed by atoms with van der Waals surface area (Å²) in [6.45, 7) is 1.65. The molecule has 1 aliphatic rings. The lowest BCUT2D eigenvalue weighted by Crippen LogP contribution is -2.10. The first-order valence-electron chi connectivity index (χ1n) is 6.50. The van der Waals surface area contributed by atoms with E-state index in [2.05, 4.69) is 43.3 Å². The molecule has 1 aromatic carbocycles. The second-order valence-corrected chi connectivity index (χ2v) is 6.31.